The second-order valence-electron chi connectivity index (χ2n) is 9.59. The smallest absolute Gasteiger partial charge is 0.309 e. The lowest BCUT2D eigenvalue weighted by Gasteiger charge is -2.42. The van der Waals surface area contributed by atoms with E-state index in [0.717, 1.165) is 53.2 Å². The second kappa shape index (κ2) is 11.8. The van der Waals surface area contributed by atoms with Gasteiger partial charge in [-0.1, -0.05) is 24.3 Å². The van der Waals surface area contributed by atoms with E-state index in [2.05, 4.69) is 31.5 Å². The monoisotopic (exact) mass is 533 g/mol. The average molecular weight is 534 g/mol. The highest BCUT2D eigenvalue weighted by molar-refractivity contribution is 7.10. The van der Waals surface area contributed by atoms with Gasteiger partial charge in [0.15, 0.2) is 0 Å². The molecule has 2 aromatic heterocycles. The summed E-state index contributed by atoms with van der Waals surface area (Å²) >= 11 is 1.65. The number of aromatic nitrogens is 1. The van der Waals surface area contributed by atoms with Gasteiger partial charge in [0.1, 0.15) is 5.82 Å². The number of piperazine rings is 1. The Bertz CT molecular complexity index is 1360. The predicted molar refractivity (Wildman–Crippen MR) is 150 cm³/mol. The summed E-state index contributed by atoms with van der Waals surface area (Å²) in [5.41, 5.74) is 3.16. The van der Waals surface area contributed by atoms with Gasteiger partial charge in [0, 0.05) is 66.4 Å². The van der Waals surface area contributed by atoms with E-state index in [-0.39, 0.29) is 17.9 Å². The molecule has 3 N–H and O–H groups in total. The number of amides is 2. The molecule has 5 rings (SSSR count). The first kappa shape index (κ1) is 25.9. The molecule has 198 valence electrons. The van der Waals surface area contributed by atoms with E-state index >= 15 is 0 Å². The molecule has 1 aliphatic rings. The van der Waals surface area contributed by atoms with Crippen molar-refractivity contribution in [3.05, 3.63) is 88.5 Å². The Balaban J connectivity index is 1.16. The Morgan fingerprint density at radius 2 is 1.76 bits per heavy atom. The van der Waals surface area contributed by atoms with Crippen LogP contribution in [-0.4, -0.2) is 60.5 Å². The van der Waals surface area contributed by atoms with Gasteiger partial charge in [-0.15, -0.1) is 11.3 Å². The third-order valence-corrected chi connectivity index (χ3v) is 8.07. The summed E-state index contributed by atoms with van der Waals surface area (Å²) in [5, 5.41) is 8.86. The number of nitrogens with zero attached hydrogens (tertiary/aromatic N) is 2. The Morgan fingerprint density at radius 1 is 1.00 bits per heavy atom. The molecule has 0 bridgehead atoms. The fraction of sp³-hybridized carbons (Fsp3) is 0.310. The van der Waals surface area contributed by atoms with Gasteiger partial charge in [-0.25, -0.2) is 4.39 Å². The fourth-order valence-electron chi connectivity index (χ4n) is 5.19. The summed E-state index contributed by atoms with van der Waals surface area (Å²) in [5.74, 6) is -1.48. The van der Waals surface area contributed by atoms with Gasteiger partial charge >= 0.3 is 11.8 Å². The Labute approximate surface area is 225 Å². The summed E-state index contributed by atoms with van der Waals surface area (Å²) in [4.78, 5) is 34.4. The molecule has 2 aromatic carbocycles. The van der Waals surface area contributed by atoms with Gasteiger partial charge in [0.05, 0.1) is 6.04 Å². The molecule has 1 saturated heterocycles. The van der Waals surface area contributed by atoms with Gasteiger partial charge in [-0.2, -0.15) is 0 Å². The second-order valence-corrected chi connectivity index (χ2v) is 10.6. The number of hydrogen-bond acceptors (Lipinski definition) is 5. The summed E-state index contributed by atoms with van der Waals surface area (Å²) < 4.78 is 13.3. The van der Waals surface area contributed by atoms with Crippen LogP contribution in [0.2, 0.25) is 0 Å². The van der Waals surface area contributed by atoms with E-state index in [1.165, 1.54) is 12.1 Å². The standard InChI is InChI=1S/C29H32FN5O2S/c1-20(33-29(37)28(36)31-13-12-21-19-32-25-6-3-2-5-24(21)25)27(26-7-4-18-38-26)35-16-14-34(15-17-35)23-10-8-22(30)9-11-23/h2-11,18-20,27,32H,12-17H2,1H3,(H,31,36)(H,33,37)/t20-,27+/m1/s1. The van der Waals surface area contributed by atoms with Crippen molar-refractivity contribution in [3.8, 4) is 0 Å². The molecule has 0 saturated carbocycles. The number of fused-ring (bicyclic) bond motifs is 1. The van der Waals surface area contributed by atoms with E-state index in [1.807, 2.05) is 61.0 Å². The molecule has 0 spiro atoms. The molecule has 0 aliphatic carbocycles. The number of aromatic amines is 1. The third kappa shape index (κ3) is 5.89. The van der Waals surface area contributed by atoms with Crippen LogP contribution in [0.3, 0.4) is 0 Å². The summed E-state index contributed by atoms with van der Waals surface area (Å²) in [7, 11) is 0. The molecule has 0 unspecified atom stereocenters. The van der Waals surface area contributed by atoms with E-state index in [1.54, 1.807) is 11.3 Å². The topological polar surface area (TPSA) is 80.5 Å². The first-order valence-electron chi connectivity index (χ1n) is 12.9. The summed E-state index contributed by atoms with van der Waals surface area (Å²) in [6.07, 6.45) is 2.58. The predicted octanol–water partition coefficient (Wildman–Crippen LogP) is 4.10. The van der Waals surface area contributed by atoms with Crippen molar-refractivity contribution in [1.29, 1.82) is 0 Å². The third-order valence-electron chi connectivity index (χ3n) is 7.13. The average Bonchev–Trinajstić information content (AvgIpc) is 3.60. The molecular weight excluding hydrogens is 501 g/mol. The Hall–Kier alpha value is -3.69. The molecule has 9 heteroatoms. The number of rotatable bonds is 8. The number of carbonyl (C=O) groups is 2. The van der Waals surface area contributed by atoms with Crippen LogP contribution in [0, 0.1) is 5.82 Å². The van der Waals surface area contributed by atoms with Gasteiger partial charge in [-0.3, -0.25) is 14.5 Å². The van der Waals surface area contributed by atoms with Crippen LogP contribution in [0.25, 0.3) is 10.9 Å². The van der Waals surface area contributed by atoms with E-state index in [9.17, 15) is 14.0 Å². The highest BCUT2D eigenvalue weighted by Crippen LogP contribution is 2.30. The molecule has 7 nitrogen and oxygen atoms in total. The zero-order valence-corrected chi connectivity index (χ0v) is 22.1. The molecule has 2 atom stereocenters. The van der Waals surface area contributed by atoms with Crippen molar-refractivity contribution in [2.45, 2.75) is 25.4 Å². The molecular formula is C29H32FN5O2S. The Morgan fingerprint density at radius 3 is 2.50 bits per heavy atom. The van der Waals surface area contributed by atoms with Crippen LogP contribution < -0.4 is 15.5 Å². The van der Waals surface area contributed by atoms with Crippen LogP contribution >= 0.6 is 11.3 Å². The minimum Gasteiger partial charge on any atom is -0.369 e. The van der Waals surface area contributed by atoms with E-state index < -0.39 is 11.8 Å². The number of halogens is 1. The molecule has 2 amide bonds. The minimum atomic E-state index is -0.622. The molecule has 38 heavy (non-hydrogen) atoms. The number of nitrogens with one attached hydrogen (secondary N) is 3. The van der Waals surface area contributed by atoms with Crippen LogP contribution in [-0.2, 0) is 16.0 Å². The van der Waals surface area contributed by atoms with Crippen molar-refractivity contribution in [2.24, 2.45) is 0 Å². The lowest BCUT2D eigenvalue weighted by molar-refractivity contribution is -0.139. The van der Waals surface area contributed by atoms with E-state index in [0.29, 0.717) is 13.0 Å². The maximum atomic E-state index is 13.3. The van der Waals surface area contributed by atoms with Crippen molar-refractivity contribution >= 4 is 39.7 Å². The largest absolute Gasteiger partial charge is 0.369 e. The number of para-hydroxylation sites is 1. The molecule has 1 fully saturated rings. The number of anilines is 1. The van der Waals surface area contributed by atoms with Crippen LogP contribution in [0.5, 0.6) is 0 Å². The summed E-state index contributed by atoms with van der Waals surface area (Å²) in [6.45, 7) is 5.50. The maximum Gasteiger partial charge on any atom is 0.309 e. The van der Waals surface area contributed by atoms with Crippen molar-refractivity contribution < 1.29 is 14.0 Å². The van der Waals surface area contributed by atoms with Crippen LogP contribution in [0.4, 0.5) is 10.1 Å². The van der Waals surface area contributed by atoms with Crippen LogP contribution in [0.1, 0.15) is 23.4 Å². The van der Waals surface area contributed by atoms with Gasteiger partial charge < -0.3 is 20.5 Å². The number of benzene rings is 2. The molecule has 1 aliphatic heterocycles. The van der Waals surface area contributed by atoms with Gasteiger partial charge in [0.2, 0.25) is 0 Å². The highest BCUT2D eigenvalue weighted by atomic mass is 32.1. The van der Waals surface area contributed by atoms with Crippen molar-refractivity contribution in [1.82, 2.24) is 20.5 Å². The molecule has 3 heterocycles. The van der Waals surface area contributed by atoms with Gasteiger partial charge in [-0.05, 0) is 60.7 Å². The number of carbonyl (C=O) groups excluding carboxylic acids is 2. The quantitative estimate of drug-likeness (QED) is 0.298. The van der Waals surface area contributed by atoms with Crippen molar-refractivity contribution in [2.75, 3.05) is 37.6 Å². The minimum absolute atomic E-state index is 0.0478. The highest BCUT2D eigenvalue weighted by Gasteiger charge is 2.32. The maximum absolute atomic E-state index is 13.3. The lowest BCUT2D eigenvalue weighted by atomic mass is 10.0. The summed E-state index contributed by atoms with van der Waals surface area (Å²) in [6, 6.07) is 18.4. The normalized spacial score (nSPS) is 15.8. The fourth-order valence-corrected chi connectivity index (χ4v) is 6.16. The molecule has 0 radical (unpaired) electrons. The van der Waals surface area contributed by atoms with Gasteiger partial charge in [0.25, 0.3) is 0 Å². The first-order chi connectivity index (χ1) is 18.5. The van der Waals surface area contributed by atoms with Crippen LogP contribution in [0.15, 0.2) is 72.2 Å². The number of hydrogen-bond donors (Lipinski definition) is 3. The SMILES string of the molecule is C[C@@H](NC(=O)C(=O)NCCc1c[nH]c2ccccc12)[C@@H](c1cccs1)N1CCN(c2ccc(F)cc2)CC1. The Kier molecular flexibility index (Phi) is 8.05. The lowest BCUT2D eigenvalue weighted by Crippen LogP contribution is -2.53. The van der Waals surface area contributed by atoms with E-state index in [4.69, 9.17) is 0 Å². The number of thiophene rings is 1. The first-order valence-corrected chi connectivity index (χ1v) is 13.8. The zero-order chi connectivity index (χ0) is 26.5. The molecule has 4 aromatic rings. The van der Waals surface area contributed by atoms with Crippen molar-refractivity contribution in [3.63, 3.8) is 0 Å². The number of H-pyrrole nitrogens is 1. The zero-order valence-electron chi connectivity index (χ0n) is 21.3.